The Labute approximate surface area is 139 Å². The van der Waals surface area contributed by atoms with E-state index in [2.05, 4.69) is 20.3 Å². The zero-order valence-corrected chi connectivity index (χ0v) is 13.4. The molecule has 1 atom stereocenters. The molecule has 1 aliphatic heterocycles. The van der Waals surface area contributed by atoms with Crippen LogP contribution in [0.2, 0.25) is 0 Å². The summed E-state index contributed by atoms with van der Waals surface area (Å²) in [5, 5.41) is 8.10. The van der Waals surface area contributed by atoms with Crippen LogP contribution in [-0.4, -0.2) is 33.5 Å². The summed E-state index contributed by atoms with van der Waals surface area (Å²) < 4.78 is 16.0. The third-order valence-corrected chi connectivity index (χ3v) is 4.19. The van der Waals surface area contributed by atoms with Crippen LogP contribution in [0.5, 0.6) is 0 Å². The number of aryl methyl sites for hydroxylation is 3. The Morgan fingerprint density at radius 3 is 2.62 bits per heavy atom. The van der Waals surface area contributed by atoms with Crippen molar-refractivity contribution in [3.63, 3.8) is 0 Å². The largest absolute Gasteiger partial charge is 0.381 e. The van der Waals surface area contributed by atoms with E-state index in [0.29, 0.717) is 37.1 Å². The molecule has 3 aromatic rings. The first kappa shape index (κ1) is 15.0. The first-order chi connectivity index (χ1) is 11.8. The van der Waals surface area contributed by atoms with E-state index in [-0.39, 0.29) is 5.92 Å². The lowest BCUT2D eigenvalue weighted by Crippen LogP contribution is -2.00. The zero-order chi connectivity index (χ0) is 16.4. The maximum Gasteiger partial charge on any atom is 0.227 e. The van der Waals surface area contributed by atoms with Crippen LogP contribution in [0.25, 0.3) is 11.4 Å². The van der Waals surface area contributed by atoms with Gasteiger partial charge >= 0.3 is 0 Å². The molecule has 1 saturated heterocycles. The van der Waals surface area contributed by atoms with E-state index >= 15 is 0 Å². The highest BCUT2D eigenvalue weighted by Crippen LogP contribution is 2.23. The highest BCUT2D eigenvalue weighted by molar-refractivity contribution is 5.58. The maximum atomic E-state index is 5.35. The van der Waals surface area contributed by atoms with E-state index in [1.54, 1.807) is 0 Å². The molecule has 0 bridgehead atoms. The van der Waals surface area contributed by atoms with Crippen molar-refractivity contribution in [3.05, 3.63) is 47.4 Å². The molecule has 124 valence electrons. The number of benzene rings is 1. The van der Waals surface area contributed by atoms with Crippen molar-refractivity contribution in [3.8, 4) is 11.4 Å². The Bertz CT molecular complexity index is 821. The fraction of sp³-hybridized carbons (Fsp3) is 0.412. The SMILES string of the molecule is Cc1ccccc1-c1noc(CCc2nc([C@@H]3CCOC3)no2)n1. The Morgan fingerprint density at radius 2 is 1.83 bits per heavy atom. The molecule has 4 rings (SSSR count). The second-order valence-corrected chi connectivity index (χ2v) is 5.93. The third-order valence-electron chi connectivity index (χ3n) is 4.19. The lowest BCUT2D eigenvalue weighted by Gasteiger charge is -1.98. The Morgan fingerprint density at radius 1 is 1.04 bits per heavy atom. The highest BCUT2D eigenvalue weighted by Gasteiger charge is 2.23. The third kappa shape index (κ3) is 3.07. The number of rotatable bonds is 5. The minimum Gasteiger partial charge on any atom is -0.381 e. The molecule has 0 radical (unpaired) electrons. The van der Waals surface area contributed by atoms with E-state index < -0.39 is 0 Å². The van der Waals surface area contributed by atoms with Gasteiger partial charge in [0.2, 0.25) is 17.6 Å². The molecule has 7 nitrogen and oxygen atoms in total. The van der Waals surface area contributed by atoms with Gasteiger partial charge < -0.3 is 13.8 Å². The molecule has 0 saturated carbocycles. The topological polar surface area (TPSA) is 87.1 Å². The Hall–Kier alpha value is -2.54. The predicted molar refractivity (Wildman–Crippen MR) is 84.4 cm³/mol. The smallest absolute Gasteiger partial charge is 0.227 e. The molecule has 0 aliphatic carbocycles. The maximum absolute atomic E-state index is 5.35. The average molecular weight is 326 g/mol. The van der Waals surface area contributed by atoms with Crippen molar-refractivity contribution in [2.45, 2.75) is 32.1 Å². The molecule has 0 unspecified atom stereocenters. The number of aromatic nitrogens is 4. The van der Waals surface area contributed by atoms with E-state index in [1.165, 1.54) is 0 Å². The van der Waals surface area contributed by atoms with Gasteiger partial charge in [0.15, 0.2) is 5.82 Å². The molecule has 0 N–H and O–H groups in total. The van der Waals surface area contributed by atoms with Gasteiger partial charge in [-0.1, -0.05) is 34.6 Å². The van der Waals surface area contributed by atoms with Crippen molar-refractivity contribution >= 4 is 0 Å². The molecule has 2 aromatic heterocycles. The lowest BCUT2D eigenvalue weighted by atomic mass is 10.1. The van der Waals surface area contributed by atoms with Gasteiger partial charge in [-0.25, -0.2) is 0 Å². The summed E-state index contributed by atoms with van der Waals surface area (Å²) in [5.41, 5.74) is 2.10. The van der Waals surface area contributed by atoms with Crippen molar-refractivity contribution < 1.29 is 13.8 Å². The van der Waals surface area contributed by atoms with Gasteiger partial charge in [0.05, 0.1) is 6.61 Å². The standard InChI is InChI=1S/C17H18N4O3/c1-11-4-2-3-5-13(11)17-19-15(24-21-17)7-6-14-18-16(20-23-14)12-8-9-22-10-12/h2-5,12H,6-10H2,1H3/t12-/m1/s1. The quantitative estimate of drug-likeness (QED) is 0.712. The van der Waals surface area contributed by atoms with Gasteiger partial charge in [0.25, 0.3) is 0 Å². The summed E-state index contributed by atoms with van der Waals surface area (Å²) in [4.78, 5) is 8.89. The molecule has 0 spiro atoms. The summed E-state index contributed by atoms with van der Waals surface area (Å²) in [5.74, 6) is 2.74. The molecule has 3 heterocycles. The average Bonchev–Trinajstić information content (AvgIpc) is 3.34. The molecule has 7 heteroatoms. The fourth-order valence-electron chi connectivity index (χ4n) is 2.78. The van der Waals surface area contributed by atoms with E-state index in [0.717, 1.165) is 30.0 Å². The zero-order valence-electron chi connectivity index (χ0n) is 13.4. The van der Waals surface area contributed by atoms with Crippen molar-refractivity contribution in [1.82, 2.24) is 20.3 Å². The van der Waals surface area contributed by atoms with Crippen LogP contribution in [0.15, 0.2) is 33.3 Å². The summed E-state index contributed by atoms with van der Waals surface area (Å²) in [6.07, 6.45) is 2.10. The number of ether oxygens (including phenoxy) is 1. The van der Waals surface area contributed by atoms with Crippen molar-refractivity contribution in [1.29, 1.82) is 0 Å². The minimum absolute atomic E-state index is 0.249. The Balaban J connectivity index is 1.41. The van der Waals surface area contributed by atoms with Crippen LogP contribution in [-0.2, 0) is 17.6 Å². The summed E-state index contributed by atoms with van der Waals surface area (Å²) in [6, 6.07) is 7.96. The highest BCUT2D eigenvalue weighted by atomic mass is 16.5. The molecule has 24 heavy (non-hydrogen) atoms. The number of nitrogens with zero attached hydrogens (tertiary/aromatic N) is 4. The van der Waals surface area contributed by atoms with Crippen LogP contribution < -0.4 is 0 Å². The predicted octanol–water partition coefficient (Wildman–Crippen LogP) is 2.72. The van der Waals surface area contributed by atoms with Gasteiger partial charge in [0.1, 0.15) is 0 Å². The fourth-order valence-corrected chi connectivity index (χ4v) is 2.78. The van der Waals surface area contributed by atoms with Crippen LogP contribution in [0.1, 0.15) is 35.5 Å². The molecule has 1 aromatic carbocycles. The van der Waals surface area contributed by atoms with Crippen LogP contribution in [0.3, 0.4) is 0 Å². The number of hydrogen-bond acceptors (Lipinski definition) is 7. The Kier molecular flexibility index (Phi) is 4.08. The minimum atomic E-state index is 0.249. The van der Waals surface area contributed by atoms with Crippen LogP contribution in [0.4, 0.5) is 0 Å². The molecule has 1 fully saturated rings. The van der Waals surface area contributed by atoms with Gasteiger partial charge in [-0.2, -0.15) is 9.97 Å². The van der Waals surface area contributed by atoms with E-state index in [1.807, 2.05) is 31.2 Å². The first-order valence-corrected chi connectivity index (χ1v) is 8.08. The van der Waals surface area contributed by atoms with E-state index in [9.17, 15) is 0 Å². The summed E-state index contributed by atoms with van der Waals surface area (Å²) in [6.45, 7) is 3.46. The molecular formula is C17H18N4O3. The summed E-state index contributed by atoms with van der Waals surface area (Å²) >= 11 is 0. The van der Waals surface area contributed by atoms with Gasteiger partial charge in [-0.3, -0.25) is 0 Å². The van der Waals surface area contributed by atoms with Gasteiger partial charge in [-0.15, -0.1) is 0 Å². The van der Waals surface area contributed by atoms with E-state index in [4.69, 9.17) is 13.8 Å². The first-order valence-electron chi connectivity index (χ1n) is 8.08. The monoisotopic (exact) mass is 326 g/mol. The lowest BCUT2D eigenvalue weighted by molar-refractivity contribution is 0.192. The second kappa shape index (κ2) is 6.52. The van der Waals surface area contributed by atoms with Crippen LogP contribution in [0, 0.1) is 6.92 Å². The van der Waals surface area contributed by atoms with Gasteiger partial charge in [-0.05, 0) is 18.9 Å². The number of hydrogen-bond donors (Lipinski definition) is 0. The second-order valence-electron chi connectivity index (χ2n) is 5.93. The van der Waals surface area contributed by atoms with Crippen LogP contribution >= 0.6 is 0 Å². The van der Waals surface area contributed by atoms with Crippen molar-refractivity contribution in [2.24, 2.45) is 0 Å². The summed E-state index contributed by atoms with van der Waals surface area (Å²) in [7, 11) is 0. The normalized spacial score (nSPS) is 17.5. The molecule has 1 aliphatic rings. The molecular weight excluding hydrogens is 308 g/mol. The molecule has 0 amide bonds. The van der Waals surface area contributed by atoms with Crippen molar-refractivity contribution in [2.75, 3.05) is 13.2 Å². The van der Waals surface area contributed by atoms with Gasteiger partial charge in [0, 0.05) is 30.9 Å².